The van der Waals surface area contributed by atoms with Crippen molar-refractivity contribution in [1.29, 1.82) is 0 Å². The number of carboxylic acid groups (broad SMARTS) is 1. The molecule has 0 aromatic rings. The highest BCUT2D eigenvalue weighted by molar-refractivity contribution is 5.82. The maximum atomic E-state index is 12.4. The Hall–Kier alpha value is -1.31. The van der Waals surface area contributed by atoms with Crippen molar-refractivity contribution in [2.24, 2.45) is 0 Å². The van der Waals surface area contributed by atoms with E-state index in [0.29, 0.717) is 4.90 Å². The van der Waals surface area contributed by atoms with Crippen LogP contribution in [0.5, 0.6) is 0 Å². The molecule has 1 amide bonds. The number of morpholine rings is 1. The zero-order valence-corrected chi connectivity index (χ0v) is 9.95. The van der Waals surface area contributed by atoms with E-state index in [1.165, 1.54) is 13.8 Å². The number of carbonyl (C=O) groups excluding carboxylic acids is 1. The number of carboxylic acids is 1. The lowest BCUT2D eigenvalue weighted by Gasteiger charge is -2.45. The average Bonchev–Trinajstić information content (AvgIpc) is 2.17. The Kier molecular flexibility index (Phi) is 3.89. The predicted molar refractivity (Wildman–Crippen MR) is 53.8 cm³/mol. The zero-order chi connectivity index (χ0) is 14.1. The van der Waals surface area contributed by atoms with Crippen molar-refractivity contribution in [3.63, 3.8) is 0 Å². The number of nitrogens with zero attached hydrogens (tertiary/aromatic N) is 1. The fourth-order valence-electron chi connectivity index (χ4n) is 1.73. The number of hydrogen-bond acceptors (Lipinski definition) is 3. The number of carbonyl (C=O) groups is 2. The first-order valence-electron chi connectivity index (χ1n) is 5.26. The van der Waals surface area contributed by atoms with Gasteiger partial charge in [0, 0.05) is 6.54 Å². The van der Waals surface area contributed by atoms with E-state index in [9.17, 15) is 22.8 Å². The van der Waals surface area contributed by atoms with E-state index in [0.717, 1.165) is 0 Å². The van der Waals surface area contributed by atoms with Gasteiger partial charge < -0.3 is 14.7 Å². The van der Waals surface area contributed by atoms with Gasteiger partial charge in [0.1, 0.15) is 0 Å². The highest BCUT2D eigenvalue weighted by Crippen LogP contribution is 2.29. The van der Waals surface area contributed by atoms with E-state index in [4.69, 9.17) is 9.84 Å². The standard InChI is InChI=1S/C10H14F3NO4/c1-9(2)5-18-6(3-7(15)16)4-14(9)8(17)10(11,12)13/h6H,3-5H2,1-2H3,(H,15,16). The first kappa shape index (κ1) is 14.7. The molecule has 1 heterocycles. The van der Waals surface area contributed by atoms with Crippen molar-refractivity contribution in [2.45, 2.75) is 38.1 Å². The molecule has 1 saturated heterocycles. The molecule has 1 aliphatic rings. The fourth-order valence-corrected chi connectivity index (χ4v) is 1.73. The van der Waals surface area contributed by atoms with Crippen LogP contribution in [0.2, 0.25) is 0 Å². The molecule has 1 rings (SSSR count). The Bertz CT molecular complexity index is 354. The Morgan fingerprint density at radius 3 is 2.44 bits per heavy atom. The molecule has 0 aromatic carbocycles. The molecule has 0 radical (unpaired) electrons. The van der Waals surface area contributed by atoms with Crippen molar-refractivity contribution >= 4 is 11.9 Å². The third-order valence-electron chi connectivity index (χ3n) is 2.68. The van der Waals surface area contributed by atoms with Crippen LogP contribution in [0.25, 0.3) is 0 Å². The number of aliphatic carboxylic acids is 1. The largest absolute Gasteiger partial charge is 0.481 e. The van der Waals surface area contributed by atoms with Crippen LogP contribution in [-0.4, -0.2) is 52.9 Å². The van der Waals surface area contributed by atoms with Gasteiger partial charge >= 0.3 is 18.1 Å². The van der Waals surface area contributed by atoms with Gasteiger partial charge in [-0.1, -0.05) is 0 Å². The number of hydrogen-bond donors (Lipinski definition) is 1. The van der Waals surface area contributed by atoms with Crippen molar-refractivity contribution in [3.05, 3.63) is 0 Å². The monoisotopic (exact) mass is 269 g/mol. The summed E-state index contributed by atoms with van der Waals surface area (Å²) < 4.78 is 42.4. The van der Waals surface area contributed by atoms with Gasteiger partial charge in [-0.05, 0) is 13.8 Å². The van der Waals surface area contributed by atoms with Crippen LogP contribution < -0.4 is 0 Å². The third-order valence-corrected chi connectivity index (χ3v) is 2.68. The van der Waals surface area contributed by atoms with Crippen LogP contribution in [0.15, 0.2) is 0 Å². The first-order chi connectivity index (χ1) is 8.04. The van der Waals surface area contributed by atoms with E-state index in [2.05, 4.69) is 0 Å². The van der Waals surface area contributed by atoms with Gasteiger partial charge in [-0.25, -0.2) is 0 Å². The molecule has 5 nitrogen and oxygen atoms in total. The van der Waals surface area contributed by atoms with Crippen LogP contribution in [0.1, 0.15) is 20.3 Å². The second kappa shape index (κ2) is 4.75. The maximum Gasteiger partial charge on any atom is 0.471 e. The van der Waals surface area contributed by atoms with Gasteiger partial charge in [-0.3, -0.25) is 9.59 Å². The summed E-state index contributed by atoms with van der Waals surface area (Å²) in [5.41, 5.74) is -1.11. The molecule has 0 bridgehead atoms. The number of rotatable bonds is 2. The molecule has 18 heavy (non-hydrogen) atoms. The minimum absolute atomic E-state index is 0.132. The molecule has 0 aromatic heterocycles. The van der Waals surface area contributed by atoms with Gasteiger partial charge in [0.05, 0.1) is 24.7 Å². The molecule has 1 fully saturated rings. The Labute approximate surface area is 102 Å². The summed E-state index contributed by atoms with van der Waals surface area (Å²) in [4.78, 5) is 22.4. The average molecular weight is 269 g/mol. The second-order valence-electron chi connectivity index (χ2n) is 4.76. The minimum atomic E-state index is -4.97. The lowest BCUT2D eigenvalue weighted by atomic mass is 9.99. The zero-order valence-electron chi connectivity index (χ0n) is 9.95. The SMILES string of the molecule is CC1(C)COC(CC(=O)O)CN1C(=O)C(F)(F)F. The normalized spacial score (nSPS) is 23.8. The third kappa shape index (κ3) is 3.34. The summed E-state index contributed by atoms with van der Waals surface area (Å²) >= 11 is 0. The lowest BCUT2D eigenvalue weighted by molar-refractivity contribution is -0.203. The smallest absolute Gasteiger partial charge is 0.471 e. The molecule has 1 aliphatic heterocycles. The second-order valence-corrected chi connectivity index (χ2v) is 4.76. The summed E-state index contributed by atoms with van der Waals surface area (Å²) in [6.07, 6.45) is -6.32. The van der Waals surface area contributed by atoms with E-state index in [-0.39, 0.29) is 13.2 Å². The van der Waals surface area contributed by atoms with Gasteiger partial charge in [-0.2, -0.15) is 13.2 Å². The number of alkyl halides is 3. The summed E-state index contributed by atoms with van der Waals surface area (Å²) in [6.45, 7) is 2.37. The predicted octanol–water partition coefficient (Wildman–Crippen LogP) is 1.03. The van der Waals surface area contributed by atoms with Crippen LogP contribution in [-0.2, 0) is 14.3 Å². The summed E-state index contributed by atoms with van der Waals surface area (Å²) in [5.74, 6) is -3.15. The van der Waals surface area contributed by atoms with Gasteiger partial charge in [0.15, 0.2) is 0 Å². The molecule has 1 N–H and O–H groups in total. The van der Waals surface area contributed by atoms with Gasteiger partial charge in [0.25, 0.3) is 0 Å². The molecular formula is C10H14F3NO4. The molecule has 0 spiro atoms. The van der Waals surface area contributed by atoms with Crippen LogP contribution in [0, 0.1) is 0 Å². The van der Waals surface area contributed by atoms with Gasteiger partial charge in [-0.15, -0.1) is 0 Å². The Balaban J connectivity index is 2.84. The number of amides is 1. The van der Waals surface area contributed by atoms with Crippen LogP contribution in [0.3, 0.4) is 0 Å². The van der Waals surface area contributed by atoms with E-state index >= 15 is 0 Å². The maximum absolute atomic E-state index is 12.4. The summed E-state index contributed by atoms with van der Waals surface area (Å²) in [7, 11) is 0. The quantitative estimate of drug-likeness (QED) is 0.813. The molecule has 8 heteroatoms. The molecular weight excluding hydrogens is 255 g/mol. The minimum Gasteiger partial charge on any atom is -0.481 e. The topological polar surface area (TPSA) is 66.8 Å². The number of ether oxygens (including phenoxy) is 1. The fraction of sp³-hybridized carbons (Fsp3) is 0.800. The van der Waals surface area contributed by atoms with Crippen molar-refractivity contribution in [2.75, 3.05) is 13.2 Å². The molecule has 104 valence electrons. The van der Waals surface area contributed by atoms with E-state index in [1.54, 1.807) is 0 Å². The highest BCUT2D eigenvalue weighted by Gasteiger charge is 2.49. The highest BCUT2D eigenvalue weighted by atomic mass is 19.4. The van der Waals surface area contributed by atoms with Crippen molar-refractivity contribution in [3.8, 4) is 0 Å². The number of halogens is 3. The first-order valence-corrected chi connectivity index (χ1v) is 5.26. The summed E-state index contributed by atoms with van der Waals surface area (Å²) in [5, 5.41) is 8.57. The van der Waals surface area contributed by atoms with Crippen molar-refractivity contribution < 1.29 is 32.6 Å². The molecule has 1 atom stereocenters. The van der Waals surface area contributed by atoms with E-state index < -0.39 is 36.1 Å². The lowest BCUT2D eigenvalue weighted by Crippen LogP contribution is -2.61. The molecule has 0 saturated carbocycles. The van der Waals surface area contributed by atoms with Crippen LogP contribution in [0.4, 0.5) is 13.2 Å². The van der Waals surface area contributed by atoms with E-state index in [1.807, 2.05) is 0 Å². The molecule has 1 unspecified atom stereocenters. The van der Waals surface area contributed by atoms with Gasteiger partial charge in [0.2, 0.25) is 0 Å². The van der Waals surface area contributed by atoms with Crippen LogP contribution >= 0.6 is 0 Å². The van der Waals surface area contributed by atoms with Crippen molar-refractivity contribution in [1.82, 2.24) is 4.90 Å². The molecule has 0 aliphatic carbocycles. The summed E-state index contributed by atoms with van der Waals surface area (Å²) in [6, 6.07) is 0. The Morgan fingerprint density at radius 2 is 2.00 bits per heavy atom. The Morgan fingerprint density at radius 1 is 1.44 bits per heavy atom.